The van der Waals surface area contributed by atoms with Gasteiger partial charge in [0.1, 0.15) is 0 Å². The number of rotatable bonds is 21. The van der Waals surface area contributed by atoms with Crippen LogP contribution < -0.4 is 0 Å². The van der Waals surface area contributed by atoms with Gasteiger partial charge >= 0.3 is 188 Å². The molecule has 0 saturated carbocycles. The molecule has 0 aliphatic heterocycles. The van der Waals surface area contributed by atoms with E-state index < -0.39 is 173 Å². The van der Waals surface area contributed by atoms with E-state index in [1.807, 2.05) is 0 Å². The molecule has 85 heavy (non-hydrogen) atoms. The van der Waals surface area contributed by atoms with Gasteiger partial charge in [-0.2, -0.15) is 198 Å². The van der Waals surface area contributed by atoms with Gasteiger partial charge in [-0.1, -0.05) is 0 Å². The Morgan fingerprint density at radius 2 is 0.200 bits per heavy atom. The molecule has 0 aromatic carbocycles. The molecule has 0 aromatic heterocycles. The minimum absolute atomic E-state index is 0. The molecule has 0 aliphatic rings. The second kappa shape index (κ2) is 23.5. The van der Waals surface area contributed by atoms with E-state index in [1.54, 1.807) is 0 Å². The molecule has 0 bridgehead atoms. The Bertz CT molecular complexity index is 2270. The SMILES string of the molecule is O=[S-](=O)C(F)(F)C(F)(F)C(F)(F)C(F)(F)C(F)(F)C(F)(F)C(F)(F)C(F)(F)F.O=[S-](=O)C(F)(F)C(F)(F)C(F)(F)C(F)(F)C(F)(F)C(F)(F)C(F)(F)C(F)(F)F.O=[S-](=O)C(F)(F)C(F)(F)C(F)(F)C(F)(F)C(F)(F)C(F)(F)C(F)(F)C(F)(F)F.[Yb+3]. The van der Waals surface area contributed by atoms with Crippen LogP contribution in [0, 0.1) is 46.9 Å². The Balaban J connectivity index is -0.000000576. The van der Waals surface area contributed by atoms with Gasteiger partial charge in [0.2, 0.25) is 0 Å². The summed E-state index contributed by atoms with van der Waals surface area (Å²) in [6.45, 7) is 0. The summed E-state index contributed by atoms with van der Waals surface area (Å²) >= 11 is 0. The molecule has 0 saturated heterocycles. The molecular formula is C24F51O6S3Yb. The molecule has 0 atom stereocenters. The summed E-state index contributed by atoms with van der Waals surface area (Å²) < 4.78 is 700. The molecule has 0 fully saturated rings. The molecule has 1 radical (unpaired) electrons. The van der Waals surface area contributed by atoms with Crippen molar-refractivity contribution in [3.8, 4) is 0 Å². The molecule has 0 aromatic rings. The summed E-state index contributed by atoms with van der Waals surface area (Å²) in [6.07, 6.45) is -23.5. The van der Waals surface area contributed by atoms with E-state index in [1.165, 1.54) is 0 Å². The van der Waals surface area contributed by atoms with Crippen LogP contribution in [0.1, 0.15) is 0 Å². The number of halogens is 51. The molecule has 0 amide bonds. The summed E-state index contributed by atoms with van der Waals surface area (Å²) in [5, 5.41) is -22.2. The maximum absolute atomic E-state index is 13.0. The first kappa shape index (κ1) is 89.2. The summed E-state index contributed by atoms with van der Waals surface area (Å²) in [4.78, 5) is 0. The fourth-order valence-electron chi connectivity index (χ4n) is 3.76. The maximum atomic E-state index is 13.0. The van der Waals surface area contributed by atoms with Gasteiger partial charge in [0.15, 0.2) is 0 Å². The first-order valence-corrected chi connectivity index (χ1v) is 19.7. The first-order chi connectivity index (χ1) is 35.1. The predicted molar refractivity (Wildman–Crippen MR) is 148 cm³/mol. The Labute approximate surface area is 467 Å². The van der Waals surface area contributed by atoms with Crippen molar-refractivity contribution in [1.82, 2.24) is 0 Å². The molecule has 0 aliphatic carbocycles. The van der Waals surface area contributed by atoms with E-state index >= 15 is 0 Å². The van der Waals surface area contributed by atoms with Crippen LogP contribution in [-0.2, 0) is 57.4 Å². The van der Waals surface area contributed by atoms with Crippen molar-refractivity contribution in [2.75, 3.05) is 0 Å². The minimum atomic E-state index is -8.77. The van der Waals surface area contributed by atoms with Crippen molar-refractivity contribution < 1.29 is 296 Å². The largest absolute Gasteiger partial charge is 3.00 e. The zero-order valence-electron chi connectivity index (χ0n) is 35.2. The second-order valence-electron chi connectivity index (χ2n) is 14.1. The monoisotopic (exact) mass is 1620 g/mol. The van der Waals surface area contributed by atoms with Crippen LogP contribution in [0.15, 0.2) is 0 Å². The fourth-order valence-corrected chi connectivity index (χ4v) is 4.77. The van der Waals surface area contributed by atoms with Crippen molar-refractivity contribution in [2.45, 2.75) is 141 Å². The smallest absolute Gasteiger partial charge is 0.418 e. The van der Waals surface area contributed by atoms with Crippen molar-refractivity contribution in [3.63, 3.8) is 0 Å². The normalized spacial score (nSPS) is 16.4. The quantitative estimate of drug-likeness (QED) is 0.0838. The van der Waals surface area contributed by atoms with Crippen LogP contribution in [-0.4, -0.2) is 141 Å². The van der Waals surface area contributed by atoms with Gasteiger partial charge in [-0.15, -0.1) is 0 Å². The summed E-state index contributed by atoms with van der Waals surface area (Å²) in [5.74, 6) is -154. The van der Waals surface area contributed by atoms with E-state index in [0.29, 0.717) is 0 Å². The maximum Gasteiger partial charge on any atom is 3.00 e. The van der Waals surface area contributed by atoms with Gasteiger partial charge in [-0.05, 0) is 32.1 Å². The fraction of sp³-hybridized carbons (Fsp3) is 1.00. The zero-order chi connectivity index (χ0) is 70.7. The first-order valence-electron chi connectivity index (χ1n) is 16.5. The Morgan fingerprint density at radius 3 is 0.271 bits per heavy atom. The zero-order valence-corrected chi connectivity index (χ0v) is 39.4. The number of hydrogen-bond donors (Lipinski definition) is 0. The van der Waals surface area contributed by atoms with Gasteiger partial charge < -0.3 is 25.3 Å². The van der Waals surface area contributed by atoms with Crippen LogP contribution in [0.4, 0.5) is 224 Å². The molecule has 0 rings (SSSR count). The predicted octanol–water partition coefficient (Wildman–Crippen LogP) is 15.8. The third-order valence-corrected chi connectivity index (χ3v) is 10.7. The average Bonchev–Trinajstić information content (AvgIpc) is 3.24. The minimum Gasteiger partial charge on any atom is -0.418 e. The van der Waals surface area contributed by atoms with Crippen molar-refractivity contribution in [2.24, 2.45) is 0 Å². The third-order valence-electron chi connectivity index (χ3n) is 8.71. The van der Waals surface area contributed by atoms with E-state index in [2.05, 4.69) is 0 Å². The van der Waals surface area contributed by atoms with E-state index in [9.17, 15) is 249 Å². The third kappa shape index (κ3) is 12.4. The summed E-state index contributed by atoms with van der Waals surface area (Å²) in [7, 11) is -17.4. The standard InChI is InChI=1S/3C8F17O2S.Yb/c3*9-1(10,3(13,14)5(17,18)7(21,22)23)2(11,12)4(15,16)6(19,20)8(24,25)28(26)27;/q3*-1;+3. The van der Waals surface area contributed by atoms with Gasteiger partial charge in [0.25, 0.3) is 0 Å². The van der Waals surface area contributed by atoms with Gasteiger partial charge in [0.05, 0.1) is 0 Å². The van der Waals surface area contributed by atoms with Crippen LogP contribution in [0.2, 0.25) is 0 Å². The topological polar surface area (TPSA) is 102 Å². The molecule has 0 heterocycles. The Kier molecular flexibility index (Phi) is 24.7. The van der Waals surface area contributed by atoms with Crippen molar-refractivity contribution >= 4 is 32.1 Å². The molecule has 6 nitrogen and oxygen atoms in total. The van der Waals surface area contributed by atoms with Gasteiger partial charge in [-0.25, -0.2) is 26.3 Å². The average molecular weight is 1620 g/mol. The molecule has 0 N–H and O–H groups in total. The van der Waals surface area contributed by atoms with Crippen molar-refractivity contribution in [1.29, 1.82) is 0 Å². The molecule has 0 spiro atoms. The molecule has 61 heteroatoms. The summed E-state index contributed by atoms with van der Waals surface area (Å²) in [6, 6.07) is 0. The van der Waals surface area contributed by atoms with Crippen LogP contribution >= 0.6 is 0 Å². The number of alkyl halides is 51. The van der Waals surface area contributed by atoms with Gasteiger partial charge in [0, 0.05) is 0 Å². The Morgan fingerprint density at radius 1 is 0.129 bits per heavy atom. The Hall–Kier alpha value is -2.20. The number of hydrogen-bond acceptors (Lipinski definition) is 9. The molecule has 521 valence electrons. The second-order valence-corrected chi connectivity index (χ2v) is 17.0. The molecular weight excluding hydrogens is 1620 g/mol. The summed E-state index contributed by atoms with van der Waals surface area (Å²) in [5.41, 5.74) is 0. The van der Waals surface area contributed by atoms with E-state index in [4.69, 9.17) is 0 Å². The van der Waals surface area contributed by atoms with Gasteiger partial charge in [-0.3, -0.25) is 0 Å². The van der Waals surface area contributed by atoms with Crippen LogP contribution in [0.3, 0.4) is 0 Å². The van der Waals surface area contributed by atoms with Crippen molar-refractivity contribution in [3.05, 3.63) is 0 Å². The van der Waals surface area contributed by atoms with E-state index in [-0.39, 0.29) is 46.9 Å². The van der Waals surface area contributed by atoms with E-state index in [0.717, 1.165) is 0 Å². The van der Waals surface area contributed by atoms with Crippen LogP contribution in [0.25, 0.3) is 0 Å². The molecule has 0 unspecified atom stereocenters. The van der Waals surface area contributed by atoms with Crippen LogP contribution in [0.5, 0.6) is 0 Å².